The first-order chi connectivity index (χ1) is 15.4. The number of carbonyl (C=O) groups excluding carboxylic acids is 1. The second kappa shape index (κ2) is 10.6. The van der Waals surface area contributed by atoms with Gasteiger partial charge >= 0.3 is 0 Å². The molecule has 168 valence electrons. The molecule has 0 fully saturated rings. The van der Waals surface area contributed by atoms with Gasteiger partial charge in [-0.25, -0.2) is 4.99 Å². The highest BCUT2D eigenvalue weighted by Crippen LogP contribution is 2.24. The molecule has 1 amide bonds. The van der Waals surface area contributed by atoms with Gasteiger partial charge in [0.05, 0.1) is 24.5 Å². The van der Waals surface area contributed by atoms with Crippen molar-refractivity contribution in [3.05, 3.63) is 76.6 Å². The molecule has 3 rings (SSSR count). The number of amides is 1. The topological polar surface area (TPSA) is 80.5 Å². The summed E-state index contributed by atoms with van der Waals surface area (Å²) in [5.74, 6) is 0.812. The van der Waals surface area contributed by atoms with E-state index in [4.69, 9.17) is 9.73 Å². The lowest BCUT2D eigenvalue weighted by molar-refractivity contribution is 0.0977. The number of rotatable bonds is 7. The molecule has 0 atom stereocenters. The van der Waals surface area contributed by atoms with Crippen molar-refractivity contribution in [3.8, 4) is 5.75 Å². The predicted molar refractivity (Wildman–Crippen MR) is 128 cm³/mol. The van der Waals surface area contributed by atoms with Gasteiger partial charge in [0.15, 0.2) is 0 Å². The molecule has 0 saturated heterocycles. The number of anilines is 1. The van der Waals surface area contributed by atoms with Gasteiger partial charge in [0.2, 0.25) is 5.96 Å². The molecule has 2 N–H and O–H groups in total. The van der Waals surface area contributed by atoms with E-state index >= 15 is 0 Å². The fourth-order valence-electron chi connectivity index (χ4n) is 3.40. The van der Waals surface area contributed by atoms with Gasteiger partial charge in [0.1, 0.15) is 5.75 Å². The number of aliphatic imine (C=N–C) groups is 1. The first kappa shape index (κ1) is 23.1. The van der Waals surface area contributed by atoms with Crippen LogP contribution in [0.2, 0.25) is 0 Å². The molecule has 7 heteroatoms. The zero-order valence-electron chi connectivity index (χ0n) is 19.4. The number of hydrogen-bond donors (Lipinski definition) is 2. The Morgan fingerprint density at radius 1 is 1.06 bits per heavy atom. The molecule has 3 aromatic rings. The summed E-state index contributed by atoms with van der Waals surface area (Å²) in [5.41, 5.74) is 5.45. The SMILES string of the molecule is CCOc1ccccc1NC(=NCc1c(C)nn(CC)c1C)NC(=O)c1ccc(C)cc1. The average Bonchev–Trinajstić information content (AvgIpc) is 3.06. The van der Waals surface area contributed by atoms with Crippen molar-refractivity contribution in [2.24, 2.45) is 4.99 Å². The summed E-state index contributed by atoms with van der Waals surface area (Å²) >= 11 is 0. The van der Waals surface area contributed by atoms with Gasteiger partial charge in [-0.05, 0) is 58.9 Å². The minimum atomic E-state index is -0.233. The Hall–Kier alpha value is -3.61. The van der Waals surface area contributed by atoms with Crippen molar-refractivity contribution in [1.29, 1.82) is 0 Å². The van der Waals surface area contributed by atoms with Crippen LogP contribution in [0, 0.1) is 20.8 Å². The molecule has 7 nitrogen and oxygen atoms in total. The molecule has 0 aliphatic carbocycles. The van der Waals surface area contributed by atoms with Gasteiger partial charge in [0.25, 0.3) is 5.91 Å². The quantitative estimate of drug-likeness (QED) is 0.421. The number of carbonyl (C=O) groups is 1. The summed E-state index contributed by atoms with van der Waals surface area (Å²) in [6.45, 7) is 11.7. The Morgan fingerprint density at radius 2 is 1.78 bits per heavy atom. The molecule has 1 aromatic heterocycles. The van der Waals surface area contributed by atoms with Crippen LogP contribution in [0.5, 0.6) is 5.75 Å². The van der Waals surface area contributed by atoms with Gasteiger partial charge in [0, 0.05) is 23.4 Å². The maximum absolute atomic E-state index is 12.9. The summed E-state index contributed by atoms with van der Waals surface area (Å²) in [5, 5.41) is 10.7. The fraction of sp³-hybridized carbons (Fsp3) is 0.320. The van der Waals surface area contributed by atoms with E-state index in [0.717, 1.165) is 34.7 Å². The lowest BCUT2D eigenvalue weighted by Gasteiger charge is -2.15. The molecule has 32 heavy (non-hydrogen) atoms. The largest absolute Gasteiger partial charge is 0.492 e. The van der Waals surface area contributed by atoms with Crippen LogP contribution in [0.4, 0.5) is 5.69 Å². The zero-order valence-corrected chi connectivity index (χ0v) is 19.4. The first-order valence-corrected chi connectivity index (χ1v) is 10.9. The van der Waals surface area contributed by atoms with E-state index in [0.29, 0.717) is 30.4 Å². The monoisotopic (exact) mass is 433 g/mol. The standard InChI is InChI=1S/C25H31N5O2/c1-6-30-19(5)21(18(4)29-30)16-26-25(27-22-10-8-9-11-23(22)32-7-2)28-24(31)20-14-12-17(3)13-15-20/h8-15H,6-7,16H2,1-5H3,(H2,26,27,28,31). The van der Waals surface area contributed by atoms with Gasteiger partial charge in [-0.3, -0.25) is 14.8 Å². The molecule has 0 aliphatic rings. The highest BCUT2D eigenvalue weighted by Gasteiger charge is 2.14. The van der Waals surface area contributed by atoms with Crippen molar-refractivity contribution in [2.75, 3.05) is 11.9 Å². The smallest absolute Gasteiger partial charge is 0.257 e. The van der Waals surface area contributed by atoms with E-state index in [-0.39, 0.29) is 5.91 Å². The Morgan fingerprint density at radius 3 is 2.44 bits per heavy atom. The average molecular weight is 434 g/mol. The van der Waals surface area contributed by atoms with Crippen LogP contribution in [0.15, 0.2) is 53.5 Å². The number of ether oxygens (including phenoxy) is 1. The van der Waals surface area contributed by atoms with Crippen LogP contribution in [0.3, 0.4) is 0 Å². The van der Waals surface area contributed by atoms with Crippen LogP contribution in [-0.2, 0) is 13.1 Å². The Labute approximate surface area is 189 Å². The molecule has 0 bridgehead atoms. The molecular weight excluding hydrogens is 402 g/mol. The van der Waals surface area contributed by atoms with Crippen molar-refractivity contribution < 1.29 is 9.53 Å². The number of para-hydroxylation sites is 2. The molecule has 2 aromatic carbocycles. The van der Waals surface area contributed by atoms with Gasteiger partial charge in [-0.15, -0.1) is 0 Å². The second-order valence-electron chi connectivity index (χ2n) is 7.50. The van der Waals surface area contributed by atoms with E-state index in [1.807, 2.05) is 68.8 Å². The lowest BCUT2D eigenvalue weighted by Crippen LogP contribution is -2.36. The van der Waals surface area contributed by atoms with Crippen LogP contribution in [0.1, 0.15) is 46.7 Å². The minimum absolute atomic E-state index is 0.233. The second-order valence-corrected chi connectivity index (χ2v) is 7.50. The Kier molecular flexibility index (Phi) is 7.65. The summed E-state index contributed by atoms with van der Waals surface area (Å²) in [6.07, 6.45) is 0. The summed E-state index contributed by atoms with van der Waals surface area (Å²) in [6, 6.07) is 15.0. The predicted octanol–water partition coefficient (Wildman–Crippen LogP) is 4.63. The molecular formula is C25H31N5O2. The Balaban J connectivity index is 1.90. The summed E-state index contributed by atoms with van der Waals surface area (Å²) in [4.78, 5) is 17.6. The van der Waals surface area contributed by atoms with E-state index < -0.39 is 0 Å². The number of nitrogens with one attached hydrogen (secondary N) is 2. The van der Waals surface area contributed by atoms with E-state index in [1.54, 1.807) is 12.1 Å². The van der Waals surface area contributed by atoms with Crippen molar-refractivity contribution >= 4 is 17.6 Å². The van der Waals surface area contributed by atoms with Gasteiger partial charge in [-0.1, -0.05) is 29.8 Å². The maximum Gasteiger partial charge on any atom is 0.257 e. The third-order valence-electron chi connectivity index (χ3n) is 5.21. The number of guanidine groups is 1. The minimum Gasteiger partial charge on any atom is -0.492 e. The molecule has 0 radical (unpaired) electrons. The van der Waals surface area contributed by atoms with Crippen molar-refractivity contribution in [2.45, 2.75) is 47.7 Å². The molecule has 0 unspecified atom stereocenters. The number of aromatic nitrogens is 2. The first-order valence-electron chi connectivity index (χ1n) is 10.9. The summed E-state index contributed by atoms with van der Waals surface area (Å²) in [7, 11) is 0. The van der Waals surface area contributed by atoms with Crippen LogP contribution in [-0.4, -0.2) is 28.3 Å². The number of benzene rings is 2. The van der Waals surface area contributed by atoms with Gasteiger partial charge < -0.3 is 10.1 Å². The van der Waals surface area contributed by atoms with E-state index in [2.05, 4.69) is 22.7 Å². The number of aryl methyl sites for hydroxylation is 3. The maximum atomic E-state index is 12.9. The van der Waals surface area contributed by atoms with Crippen LogP contribution >= 0.6 is 0 Å². The fourth-order valence-corrected chi connectivity index (χ4v) is 3.40. The number of hydrogen-bond acceptors (Lipinski definition) is 4. The van der Waals surface area contributed by atoms with Crippen LogP contribution in [0.25, 0.3) is 0 Å². The van der Waals surface area contributed by atoms with E-state index in [9.17, 15) is 4.79 Å². The molecule has 0 saturated carbocycles. The normalized spacial score (nSPS) is 11.3. The highest BCUT2D eigenvalue weighted by atomic mass is 16.5. The van der Waals surface area contributed by atoms with Crippen molar-refractivity contribution in [3.63, 3.8) is 0 Å². The van der Waals surface area contributed by atoms with Crippen LogP contribution < -0.4 is 15.4 Å². The Bertz CT molecular complexity index is 1100. The molecule has 1 heterocycles. The molecule has 0 aliphatic heterocycles. The van der Waals surface area contributed by atoms with E-state index in [1.165, 1.54) is 0 Å². The molecule has 0 spiro atoms. The third kappa shape index (κ3) is 5.55. The highest BCUT2D eigenvalue weighted by molar-refractivity contribution is 6.10. The van der Waals surface area contributed by atoms with Crippen molar-refractivity contribution in [1.82, 2.24) is 15.1 Å². The van der Waals surface area contributed by atoms with Gasteiger partial charge in [-0.2, -0.15) is 5.10 Å². The zero-order chi connectivity index (χ0) is 23.1. The lowest BCUT2D eigenvalue weighted by atomic mass is 10.1. The summed E-state index contributed by atoms with van der Waals surface area (Å²) < 4.78 is 7.68. The third-order valence-corrected chi connectivity index (χ3v) is 5.21. The number of nitrogens with zero attached hydrogens (tertiary/aromatic N) is 3.